The van der Waals surface area contributed by atoms with Gasteiger partial charge in [0.1, 0.15) is 0 Å². The van der Waals surface area contributed by atoms with Gasteiger partial charge in [-0.25, -0.2) is 0 Å². The van der Waals surface area contributed by atoms with E-state index < -0.39 is 0 Å². The Morgan fingerprint density at radius 2 is 2.33 bits per heavy atom. The van der Waals surface area contributed by atoms with Gasteiger partial charge >= 0.3 is 0 Å². The maximum atomic E-state index is 5.20. The van der Waals surface area contributed by atoms with Gasteiger partial charge in [-0.3, -0.25) is 0 Å². The molecule has 1 heterocycles. The van der Waals surface area contributed by atoms with Crippen molar-refractivity contribution < 1.29 is 4.42 Å². The molecule has 4 nitrogen and oxygen atoms in total. The van der Waals surface area contributed by atoms with Gasteiger partial charge in [0, 0.05) is 17.3 Å². The maximum Gasteiger partial charge on any atom is 0.247 e. The summed E-state index contributed by atoms with van der Waals surface area (Å²) in [5.41, 5.74) is 2.06. The molecule has 18 heavy (non-hydrogen) atoms. The van der Waals surface area contributed by atoms with Crippen LogP contribution in [-0.4, -0.2) is 16.2 Å². The van der Waals surface area contributed by atoms with Crippen molar-refractivity contribution in [3.05, 3.63) is 30.7 Å². The molecule has 3 rings (SSSR count). The molecule has 1 aliphatic rings. The molecule has 0 spiro atoms. The van der Waals surface area contributed by atoms with E-state index in [-0.39, 0.29) is 0 Å². The van der Waals surface area contributed by atoms with E-state index in [1.165, 1.54) is 25.7 Å². The van der Waals surface area contributed by atoms with E-state index in [1.807, 2.05) is 12.1 Å². The molecule has 1 atom stereocenters. The number of hydrogen-bond donors (Lipinski definition) is 1. The second-order valence-electron chi connectivity index (χ2n) is 5.05. The summed E-state index contributed by atoms with van der Waals surface area (Å²) in [7, 11) is 0. The monoisotopic (exact) mass is 243 g/mol. The number of nitrogens with zero attached hydrogens (tertiary/aromatic N) is 2. The van der Waals surface area contributed by atoms with Crippen molar-refractivity contribution in [3.63, 3.8) is 0 Å². The number of aromatic nitrogens is 2. The van der Waals surface area contributed by atoms with Crippen molar-refractivity contribution in [3.8, 4) is 11.5 Å². The lowest BCUT2D eigenvalue weighted by Gasteiger charge is -2.15. The minimum absolute atomic E-state index is 0.510. The fraction of sp³-hybridized carbons (Fsp3) is 0.429. The lowest BCUT2D eigenvalue weighted by Crippen LogP contribution is -2.15. The molecule has 1 saturated carbocycles. The van der Waals surface area contributed by atoms with Crippen LogP contribution in [0.1, 0.15) is 26.2 Å². The van der Waals surface area contributed by atoms with E-state index in [1.54, 1.807) is 0 Å². The predicted molar refractivity (Wildman–Crippen MR) is 70.2 cm³/mol. The van der Waals surface area contributed by atoms with Gasteiger partial charge in [-0.05, 0) is 37.5 Å². The molecule has 94 valence electrons. The zero-order valence-electron chi connectivity index (χ0n) is 10.5. The third-order valence-corrected chi connectivity index (χ3v) is 3.27. The molecule has 0 radical (unpaired) electrons. The standard InChI is InChI=1S/C14H17N3O/c1-10(7-11-5-6-11)16-13-4-2-3-12(8-13)14-17-15-9-18-14/h2-4,8-11,16H,5-7H2,1H3. The molecule has 4 heteroatoms. The van der Waals surface area contributed by atoms with Crippen LogP contribution in [0.2, 0.25) is 0 Å². The molecule has 0 aliphatic heterocycles. The van der Waals surface area contributed by atoms with Crippen LogP contribution < -0.4 is 5.32 Å². The molecule has 1 aliphatic carbocycles. The van der Waals surface area contributed by atoms with Crippen LogP contribution >= 0.6 is 0 Å². The fourth-order valence-electron chi connectivity index (χ4n) is 2.24. The smallest absolute Gasteiger partial charge is 0.247 e. The van der Waals surface area contributed by atoms with E-state index in [9.17, 15) is 0 Å². The van der Waals surface area contributed by atoms with Gasteiger partial charge in [0.05, 0.1) is 0 Å². The quantitative estimate of drug-likeness (QED) is 0.875. The van der Waals surface area contributed by atoms with Crippen LogP contribution in [0, 0.1) is 5.92 Å². The Morgan fingerprint density at radius 3 is 3.06 bits per heavy atom. The molecule has 1 aromatic carbocycles. The van der Waals surface area contributed by atoms with Crippen molar-refractivity contribution in [1.82, 2.24) is 10.2 Å². The second-order valence-corrected chi connectivity index (χ2v) is 5.05. The van der Waals surface area contributed by atoms with Gasteiger partial charge in [0.15, 0.2) is 0 Å². The van der Waals surface area contributed by atoms with Crippen molar-refractivity contribution in [2.24, 2.45) is 5.92 Å². The van der Waals surface area contributed by atoms with Crippen molar-refractivity contribution in [2.75, 3.05) is 5.32 Å². The van der Waals surface area contributed by atoms with E-state index in [4.69, 9.17) is 4.42 Å². The summed E-state index contributed by atoms with van der Waals surface area (Å²) in [4.78, 5) is 0. The highest BCUT2D eigenvalue weighted by molar-refractivity contribution is 5.61. The van der Waals surface area contributed by atoms with Crippen LogP contribution in [0.25, 0.3) is 11.5 Å². The Morgan fingerprint density at radius 1 is 1.44 bits per heavy atom. The van der Waals surface area contributed by atoms with Crippen LogP contribution in [-0.2, 0) is 0 Å². The lowest BCUT2D eigenvalue weighted by molar-refractivity contribution is 0.568. The largest absolute Gasteiger partial charge is 0.423 e. The Bertz CT molecular complexity index is 506. The summed E-state index contributed by atoms with van der Waals surface area (Å²) < 4.78 is 5.20. The van der Waals surface area contributed by atoms with E-state index in [0.717, 1.165) is 17.2 Å². The topological polar surface area (TPSA) is 51.0 Å². The molecular formula is C14H17N3O. The molecule has 0 amide bonds. The minimum Gasteiger partial charge on any atom is -0.423 e. The Labute approximate surface area is 106 Å². The van der Waals surface area contributed by atoms with Crippen molar-refractivity contribution in [2.45, 2.75) is 32.2 Å². The number of nitrogens with one attached hydrogen (secondary N) is 1. The summed E-state index contributed by atoms with van der Waals surface area (Å²) in [5, 5.41) is 11.1. The summed E-state index contributed by atoms with van der Waals surface area (Å²) in [6.45, 7) is 2.23. The van der Waals surface area contributed by atoms with Crippen LogP contribution in [0.15, 0.2) is 35.1 Å². The Hall–Kier alpha value is -1.84. The summed E-state index contributed by atoms with van der Waals surface area (Å²) >= 11 is 0. The van der Waals surface area contributed by atoms with Gasteiger partial charge in [-0.15, -0.1) is 10.2 Å². The minimum atomic E-state index is 0.510. The van der Waals surface area contributed by atoms with E-state index in [0.29, 0.717) is 11.9 Å². The highest BCUT2D eigenvalue weighted by atomic mass is 16.4. The lowest BCUT2D eigenvalue weighted by atomic mass is 10.1. The van der Waals surface area contributed by atoms with E-state index >= 15 is 0 Å². The van der Waals surface area contributed by atoms with Gasteiger partial charge in [0.25, 0.3) is 0 Å². The molecule has 1 aromatic heterocycles. The summed E-state index contributed by atoms with van der Waals surface area (Å²) in [6, 6.07) is 8.62. The van der Waals surface area contributed by atoms with Crippen molar-refractivity contribution >= 4 is 5.69 Å². The van der Waals surface area contributed by atoms with Crippen LogP contribution in [0.5, 0.6) is 0 Å². The first-order valence-corrected chi connectivity index (χ1v) is 6.44. The summed E-state index contributed by atoms with van der Waals surface area (Å²) in [5.74, 6) is 1.50. The highest BCUT2D eigenvalue weighted by Gasteiger charge is 2.23. The number of rotatable bonds is 5. The average Bonchev–Trinajstić information content (AvgIpc) is 3.00. The normalized spacial score (nSPS) is 16.5. The number of hydrogen-bond acceptors (Lipinski definition) is 4. The third kappa shape index (κ3) is 2.70. The molecule has 1 N–H and O–H groups in total. The number of benzene rings is 1. The Balaban J connectivity index is 1.70. The number of anilines is 1. The second kappa shape index (κ2) is 4.80. The zero-order valence-corrected chi connectivity index (χ0v) is 10.5. The first-order chi connectivity index (χ1) is 8.81. The molecule has 2 aromatic rings. The van der Waals surface area contributed by atoms with Gasteiger partial charge in [-0.2, -0.15) is 0 Å². The molecule has 1 fully saturated rings. The van der Waals surface area contributed by atoms with E-state index in [2.05, 4.69) is 34.6 Å². The molecule has 0 bridgehead atoms. The van der Waals surface area contributed by atoms with Gasteiger partial charge in [0.2, 0.25) is 12.3 Å². The zero-order chi connectivity index (χ0) is 12.4. The first kappa shape index (κ1) is 11.3. The fourth-order valence-corrected chi connectivity index (χ4v) is 2.24. The Kier molecular flexibility index (Phi) is 3.00. The maximum absolute atomic E-state index is 5.20. The van der Waals surface area contributed by atoms with Crippen molar-refractivity contribution in [1.29, 1.82) is 0 Å². The highest BCUT2D eigenvalue weighted by Crippen LogP contribution is 2.34. The summed E-state index contributed by atoms with van der Waals surface area (Å²) in [6.07, 6.45) is 5.40. The average molecular weight is 243 g/mol. The SMILES string of the molecule is CC(CC1CC1)Nc1cccc(-c2nnco2)c1. The predicted octanol–water partition coefficient (Wildman–Crippen LogP) is 3.34. The molecule has 1 unspecified atom stereocenters. The molecular weight excluding hydrogens is 226 g/mol. The molecule has 0 saturated heterocycles. The first-order valence-electron chi connectivity index (χ1n) is 6.44. The van der Waals surface area contributed by atoms with Gasteiger partial charge < -0.3 is 9.73 Å². The third-order valence-electron chi connectivity index (χ3n) is 3.27. The van der Waals surface area contributed by atoms with Crippen LogP contribution in [0.3, 0.4) is 0 Å². The van der Waals surface area contributed by atoms with Crippen LogP contribution in [0.4, 0.5) is 5.69 Å². The van der Waals surface area contributed by atoms with Gasteiger partial charge in [-0.1, -0.05) is 18.9 Å².